The molecule has 126 valence electrons. The van der Waals surface area contributed by atoms with Crippen LogP contribution in [0, 0.1) is 0 Å². The van der Waals surface area contributed by atoms with Gasteiger partial charge in [-0.15, -0.1) is 0 Å². The van der Waals surface area contributed by atoms with Crippen LogP contribution in [-0.4, -0.2) is 91.7 Å². The van der Waals surface area contributed by atoms with Crippen molar-refractivity contribution in [2.75, 3.05) is 50.8 Å². The van der Waals surface area contributed by atoms with Crippen molar-refractivity contribution in [2.24, 2.45) is 0 Å². The Kier molecular flexibility index (Phi) is 5.44. The van der Waals surface area contributed by atoms with Crippen molar-refractivity contribution in [1.82, 2.24) is 14.7 Å². The maximum atomic E-state index is 12.4. The summed E-state index contributed by atoms with van der Waals surface area (Å²) in [5, 5.41) is 0. The summed E-state index contributed by atoms with van der Waals surface area (Å²) in [6.07, 6.45) is 0.429. The minimum absolute atomic E-state index is 0.0123. The van der Waals surface area contributed by atoms with E-state index in [2.05, 4.69) is 11.8 Å². The standard InChI is InChI=1S/C14H25N3O4S/c1-3-15-5-7-16(8-6-15)14(19)10-17(12(2)18)13-4-9-22(20,21)11-13/h13H,3-11H2,1-2H3. The predicted molar refractivity (Wildman–Crippen MR) is 83.1 cm³/mol. The average Bonchev–Trinajstić information content (AvgIpc) is 2.84. The molecule has 0 aromatic heterocycles. The first-order chi connectivity index (χ1) is 10.3. The fourth-order valence-corrected chi connectivity index (χ4v) is 4.81. The Balaban J connectivity index is 1.94. The predicted octanol–water partition coefficient (Wildman–Crippen LogP) is -0.814. The molecule has 2 amide bonds. The Hall–Kier alpha value is -1.15. The summed E-state index contributed by atoms with van der Waals surface area (Å²) < 4.78 is 23.2. The van der Waals surface area contributed by atoms with Crippen LogP contribution in [0.15, 0.2) is 0 Å². The van der Waals surface area contributed by atoms with Crippen molar-refractivity contribution >= 4 is 21.7 Å². The van der Waals surface area contributed by atoms with Crippen molar-refractivity contribution in [3.63, 3.8) is 0 Å². The first-order valence-corrected chi connectivity index (χ1v) is 9.62. The van der Waals surface area contributed by atoms with E-state index in [1.807, 2.05) is 0 Å². The highest BCUT2D eigenvalue weighted by Gasteiger charge is 2.35. The lowest BCUT2D eigenvalue weighted by Gasteiger charge is -2.36. The molecule has 0 bridgehead atoms. The second-order valence-electron chi connectivity index (χ2n) is 6.02. The highest BCUT2D eigenvalue weighted by atomic mass is 32.2. The lowest BCUT2D eigenvalue weighted by atomic mass is 10.2. The van der Waals surface area contributed by atoms with Gasteiger partial charge < -0.3 is 14.7 Å². The van der Waals surface area contributed by atoms with Gasteiger partial charge in [-0.1, -0.05) is 6.92 Å². The van der Waals surface area contributed by atoms with E-state index in [1.165, 1.54) is 11.8 Å². The Morgan fingerprint density at radius 2 is 1.82 bits per heavy atom. The van der Waals surface area contributed by atoms with Gasteiger partial charge in [-0.05, 0) is 13.0 Å². The second kappa shape index (κ2) is 6.95. The monoisotopic (exact) mass is 331 g/mol. The number of hydrogen-bond donors (Lipinski definition) is 0. The first kappa shape index (κ1) is 17.2. The number of sulfone groups is 1. The van der Waals surface area contributed by atoms with E-state index >= 15 is 0 Å². The van der Waals surface area contributed by atoms with Crippen LogP contribution in [0.1, 0.15) is 20.3 Å². The number of hydrogen-bond acceptors (Lipinski definition) is 5. The molecule has 0 N–H and O–H groups in total. The van der Waals surface area contributed by atoms with Crippen molar-refractivity contribution in [3.05, 3.63) is 0 Å². The van der Waals surface area contributed by atoms with E-state index in [-0.39, 0.29) is 35.9 Å². The zero-order valence-corrected chi connectivity index (χ0v) is 14.1. The van der Waals surface area contributed by atoms with Gasteiger partial charge in [0.15, 0.2) is 9.84 Å². The summed E-state index contributed by atoms with van der Waals surface area (Å²) in [6, 6.07) is -0.358. The Labute approximate surface area is 132 Å². The second-order valence-corrected chi connectivity index (χ2v) is 8.25. The van der Waals surface area contributed by atoms with E-state index in [4.69, 9.17) is 0 Å². The smallest absolute Gasteiger partial charge is 0.242 e. The maximum Gasteiger partial charge on any atom is 0.242 e. The van der Waals surface area contributed by atoms with Gasteiger partial charge in [-0.3, -0.25) is 9.59 Å². The van der Waals surface area contributed by atoms with Crippen molar-refractivity contribution in [1.29, 1.82) is 0 Å². The zero-order valence-electron chi connectivity index (χ0n) is 13.3. The Bertz CT molecular complexity index is 526. The Morgan fingerprint density at radius 1 is 1.18 bits per heavy atom. The van der Waals surface area contributed by atoms with Gasteiger partial charge >= 0.3 is 0 Å². The third-order valence-corrected chi connectivity index (χ3v) is 6.28. The number of carbonyl (C=O) groups excluding carboxylic acids is 2. The summed E-state index contributed by atoms with van der Waals surface area (Å²) in [5.41, 5.74) is 0. The van der Waals surface area contributed by atoms with E-state index < -0.39 is 9.84 Å². The molecule has 0 saturated carbocycles. The highest BCUT2D eigenvalue weighted by molar-refractivity contribution is 7.91. The highest BCUT2D eigenvalue weighted by Crippen LogP contribution is 2.18. The molecule has 0 aromatic carbocycles. The van der Waals surface area contributed by atoms with Crippen LogP contribution >= 0.6 is 0 Å². The number of rotatable bonds is 4. The number of nitrogens with zero attached hydrogens (tertiary/aromatic N) is 3. The molecule has 0 aromatic rings. The SMILES string of the molecule is CCN1CCN(C(=O)CN(C(C)=O)C2CCS(=O)(=O)C2)CC1. The van der Waals surface area contributed by atoms with Crippen molar-refractivity contribution in [2.45, 2.75) is 26.3 Å². The number of piperazine rings is 1. The molecule has 0 spiro atoms. The summed E-state index contributed by atoms with van der Waals surface area (Å²) in [5.74, 6) is -0.244. The minimum Gasteiger partial charge on any atom is -0.339 e. The van der Waals surface area contributed by atoms with Crippen LogP contribution in [0.25, 0.3) is 0 Å². The van der Waals surface area contributed by atoms with Gasteiger partial charge in [-0.25, -0.2) is 8.42 Å². The number of likely N-dealkylation sites (N-methyl/N-ethyl adjacent to an activating group) is 1. The molecule has 22 heavy (non-hydrogen) atoms. The van der Waals surface area contributed by atoms with E-state index in [0.29, 0.717) is 19.5 Å². The van der Waals surface area contributed by atoms with Crippen molar-refractivity contribution < 1.29 is 18.0 Å². The molecule has 7 nitrogen and oxygen atoms in total. The van der Waals surface area contributed by atoms with Crippen LogP contribution in [-0.2, 0) is 19.4 Å². The first-order valence-electron chi connectivity index (χ1n) is 7.80. The normalized spacial score (nSPS) is 25.2. The lowest BCUT2D eigenvalue weighted by molar-refractivity contribution is -0.142. The molecule has 2 saturated heterocycles. The van der Waals surface area contributed by atoms with Gasteiger partial charge in [0.05, 0.1) is 11.5 Å². The molecule has 1 unspecified atom stereocenters. The van der Waals surface area contributed by atoms with Crippen LogP contribution < -0.4 is 0 Å². The summed E-state index contributed by atoms with van der Waals surface area (Å²) in [6.45, 7) is 7.48. The molecular formula is C14H25N3O4S. The van der Waals surface area contributed by atoms with Gasteiger partial charge in [0, 0.05) is 39.1 Å². The van der Waals surface area contributed by atoms with Crippen LogP contribution in [0.4, 0.5) is 0 Å². The summed E-state index contributed by atoms with van der Waals surface area (Å²) in [4.78, 5) is 29.7. The van der Waals surface area contributed by atoms with E-state index in [0.717, 1.165) is 19.6 Å². The molecular weight excluding hydrogens is 306 g/mol. The molecule has 8 heteroatoms. The molecule has 2 aliphatic heterocycles. The molecule has 1 atom stereocenters. The number of carbonyl (C=O) groups is 2. The third-order valence-electron chi connectivity index (χ3n) is 4.53. The molecule has 2 fully saturated rings. The minimum atomic E-state index is -3.07. The zero-order chi connectivity index (χ0) is 16.3. The fraction of sp³-hybridized carbons (Fsp3) is 0.857. The molecule has 0 radical (unpaired) electrons. The molecule has 0 aliphatic carbocycles. The van der Waals surface area contributed by atoms with Crippen LogP contribution in [0.5, 0.6) is 0 Å². The topological polar surface area (TPSA) is 78.0 Å². The average molecular weight is 331 g/mol. The molecule has 2 aliphatic rings. The quantitative estimate of drug-likeness (QED) is 0.673. The molecule has 2 rings (SSSR count). The summed E-state index contributed by atoms with van der Waals surface area (Å²) in [7, 11) is -3.07. The fourth-order valence-electron chi connectivity index (χ4n) is 3.08. The van der Waals surface area contributed by atoms with Gasteiger partial charge in [0.2, 0.25) is 11.8 Å². The van der Waals surface area contributed by atoms with Gasteiger partial charge in [0.25, 0.3) is 0 Å². The van der Waals surface area contributed by atoms with E-state index in [1.54, 1.807) is 4.90 Å². The largest absolute Gasteiger partial charge is 0.339 e. The number of amides is 2. The van der Waals surface area contributed by atoms with E-state index in [9.17, 15) is 18.0 Å². The third kappa shape index (κ3) is 4.19. The lowest BCUT2D eigenvalue weighted by Crippen LogP contribution is -2.53. The molecule has 2 heterocycles. The van der Waals surface area contributed by atoms with Crippen LogP contribution in [0.3, 0.4) is 0 Å². The summed E-state index contributed by atoms with van der Waals surface area (Å²) >= 11 is 0. The van der Waals surface area contributed by atoms with Crippen LogP contribution in [0.2, 0.25) is 0 Å². The van der Waals surface area contributed by atoms with Crippen molar-refractivity contribution in [3.8, 4) is 0 Å². The van der Waals surface area contributed by atoms with Gasteiger partial charge in [0.1, 0.15) is 6.54 Å². The Morgan fingerprint density at radius 3 is 2.27 bits per heavy atom. The van der Waals surface area contributed by atoms with Gasteiger partial charge in [-0.2, -0.15) is 0 Å². The maximum absolute atomic E-state index is 12.4.